The van der Waals surface area contributed by atoms with Gasteiger partial charge in [0.25, 0.3) is 0 Å². The molecule has 0 saturated heterocycles. The molecule has 0 heterocycles. The van der Waals surface area contributed by atoms with E-state index in [4.69, 9.17) is 0 Å². The number of nitrogens with one attached hydrogen (secondary N) is 1. The van der Waals surface area contributed by atoms with Crippen LogP contribution in [0.2, 0.25) is 0 Å². The molecule has 0 amide bonds. The van der Waals surface area contributed by atoms with Crippen LogP contribution in [0.15, 0.2) is 0 Å². The van der Waals surface area contributed by atoms with Gasteiger partial charge in [-0.05, 0) is 52.1 Å². The summed E-state index contributed by atoms with van der Waals surface area (Å²) < 4.78 is 0. The Morgan fingerprint density at radius 3 is 2.12 bits per heavy atom. The lowest BCUT2D eigenvalue weighted by atomic mass is 9.80. The third kappa shape index (κ3) is 2.85. The molecule has 2 saturated carbocycles. The molecule has 2 nitrogen and oxygen atoms in total. The fraction of sp³-hybridized carbons (Fsp3) is 1.00. The van der Waals surface area contributed by atoms with Crippen molar-refractivity contribution in [2.24, 2.45) is 5.41 Å². The Hall–Kier alpha value is -0.0800. The van der Waals surface area contributed by atoms with Crippen molar-refractivity contribution >= 4 is 0 Å². The summed E-state index contributed by atoms with van der Waals surface area (Å²) in [7, 11) is 4.52. The fourth-order valence-corrected chi connectivity index (χ4v) is 3.21. The van der Waals surface area contributed by atoms with E-state index in [1.165, 1.54) is 51.5 Å². The second-order valence-electron chi connectivity index (χ2n) is 6.94. The highest BCUT2D eigenvalue weighted by atomic mass is 15.2. The largest absolute Gasteiger partial charge is 0.312 e. The summed E-state index contributed by atoms with van der Waals surface area (Å²) in [6.45, 7) is 5.98. The molecular weight excluding hydrogens is 208 g/mol. The van der Waals surface area contributed by atoms with Gasteiger partial charge in [0.2, 0.25) is 0 Å². The lowest BCUT2D eigenvalue weighted by Gasteiger charge is -2.44. The lowest BCUT2D eigenvalue weighted by Crippen LogP contribution is -2.55. The van der Waals surface area contributed by atoms with Crippen molar-refractivity contribution < 1.29 is 0 Å². The average molecular weight is 238 g/mol. The van der Waals surface area contributed by atoms with Crippen molar-refractivity contribution in [2.75, 3.05) is 20.6 Å². The molecule has 0 radical (unpaired) electrons. The molecule has 0 aromatic rings. The predicted molar refractivity (Wildman–Crippen MR) is 74.3 cm³/mol. The molecule has 0 aromatic carbocycles. The zero-order valence-electron chi connectivity index (χ0n) is 12.2. The van der Waals surface area contributed by atoms with Gasteiger partial charge < -0.3 is 10.2 Å². The minimum Gasteiger partial charge on any atom is -0.312 e. The minimum atomic E-state index is 0.428. The van der Waals surface area contributed by atoms with Gasteiger partial charge >= 0.3 is 0 Å². The van der Waals surface area contributed by atoms with Gasteiger partial charge in [-0.25, -0.2) is 0 Å². The molecule has 0 aliphatic heterocycles. The number of nitrogens with zero attached hydrogens (tertiary/aromatic N) is 1. The van der Waals surface area contributed by atoms with E-state index in [2.05, 4.69) is 38.2 Å². The Balaban J connectivity index is 1.89. The van der Waals surface area contributed by atoms with Crippen LogP contribution in [0, 0.1) is 5.41 Å². The van der Waals surface area contributed by atoms with Crippen LogP contribution in [-0.2, 0) is 0 Å². The van der Waals surface area contributed by atoms with E-state index in [9.17, 15) is 0 Å². The van der Waals surface area contributed by atoms with Gasteiger partial charge in [-0.1, -0.05) is 26.2 Å². The van der Waals surface area contributed by atoms with Crippen molar-refractivity contribution in [2.45, 2.75) is 70.4 Å². The van der Waals surface area contributed by atoms with Crippen LogP contribution in [0.3, 0.4) is 0 Å². The average Bonchev–Trinajstić information content (AvgIpc) is 3.06. The Morgan fingerprint density at radius 1 is 1.06 bits per heavy atom. The van der Waals surface area contributed by atoms with Crippen LogP contribution in [0.1, 0.15) is 58.8 Å². The predicted octanol–water partition coefficient (Wildman–Crippen LogP) is 3.03. The molecule has 0 aromatic heterocycles. The Kier molecular flexibility index (Phi) is 3.84. The van der Waals surface area contributed by atoms with Gasteiger partial charge in [-0.2, -0.15) is 0 Å². The fourth-order valence-electron chi connectivity index (χ4n) is 3.21. The van der Waals surface area contributed by atoms with E-state index in [1.807, 2.05) is 0 Å². The summed E-state index contributed by atoms with van der Waals surface area (Å²) in [6, 6.07) is 0.682. The second kappa shape index (κ2) is 4.89. The first kappa shape index (κ1) is 13.4. The smallest absolute Gasteiger partial charge is 0.0327 e. The van der Waals surface area contributed by atoms with Gasteiger partial charge in [0.1, 0.15) is 0 Å². The summed E-state index contributed by atoms with van der Waals surface area (Å²) in [4.78, 5) is 2.47. The van der Waals surface area contributed by atoms with Crippen LogP contribution in [0.25, 0.3) is 0 Å². The van der Waals surface area contributed by atoms with E-state index in [0.717, 1.165) is 0 Å². The second-order valence-corrected chi connectivity index (χ2v) is 6.94. The molecule has 0 spiro atoms. The van der Waals surface area contributed by atoms with Crippen LogP contribution < -0.4 is 5.32 Å². The number of hydrogen-bond acceptors (Lipinski definition) is 2. The molecule has 17 heavy (non-hydrogen) atoms. The van der Waals surface area contributed by atoms with Crippen molar-refractivity contribution in [1.29, 1.82) is 0 Å². The first-order chi connectivity index (χ1) is 7.99. The quantitative estimate of drug-likeness (QED) is 0.792. The highest BCUT2D eigenvalue weighted by Gasteiger charge is 2.43. The number of hydrogen-bond donors (Lipinski definition) is 1. The maximum Gasteiger partial charge on any atom is 0.0327 e. The zero-order chi connectivity index (χ0) is 12.5. The van der Waals surface area contributed by atoms with E-state index in [-0.39, 0.29) is 0 Å². The van der Waals surface area contributed by atoms with Crippen LogP contribution in [-0.4, -0.2) is 37.1 Å². The molecule has 0 bridgehead atoms. The Labute approximate surface area is 107 Å². The third-order valence-corrected chi connectivity index (χ3v) is 5.55. The topological polar surface area (TPSA) is 15.3 Å². The van der Waals surface area contributed by atoms with Gasteiger partial charge in [-0.15, -0.1) is 0 Å². The standard InChI is InChI=1S/C15H30N2/c1-13(14(2)10-11-14)16-12-15(17(3)4)8-6-5-7-9-15/h13,16H,5-12H2,1-4H3. The summed E-state index contributed by atoms with van der Waals surface area (Å²) in [6.07, 6.45) is 9.82. The van der Waals surface area contributed by atoms with Crippen molar-refractivity contribution in [3.63, 3.8) is 0 Å². The molecule has 2 rings (SSSR count). The summed E-state index contributed by atoms with van der Waals surface area (Å²) in [5, 5.41) is 3.84. The Morgan fingerprint density at radius 2 is 1.65 bits per heavy atom. The molecule has 1 atom stereocenters. The zero-order valence-corrected chi connectivity index (χ0v) is 12.2. The van der Waals surface area contributed by atoms with E-state index in [0.29, 0.717) is 17.0 Å². The highest BCUT2D eigenvalue weighted by Crippen LogP contribution is 2.48. The van der Waals surface area contributed by atoms with Crippen molar-refractivity contribution in [1.82, 2.24) is 10.2 Å². The van der Waals surface area contributed by atoms with Gasteiger partial charge in [0.05, 0.1) is 0 Å². The van der Waals surface area contributed by atoms with Gasteiger partial charge in [-0.3, -0.25) is 0 Å². The molecule has 1 unspecified atom stereocenters. The van der Waals surface area contributed by atoms with Gasteiger partial charge in [0.15, 0.2) is 0 Å². The van der Waals surface area contributed by atoms with E-state index in [1.54, 1.807) is 0 Å². The summed E-state index contributed by atoms with van der Waals surface area (Å²) in [5.74, 6) is 0. The molecule has 2 aliphatic carbocycles. The number of likely N-dealkylation sites (N-methyl/N-ethyl adjacent to an activating group) is 1. The SMILES string of the molecule is CC(NCC1(N(C)C)CCCCC1)C1(C)CC1. The molecule has 2 heteroatoms. The van der Waals surface area contributed by atoms with Crippen LogP contribution in [0.4, 0.5) is 0 Å². The molecule has 2 fully saturated rings. The number of rotatable bonds is 5. The maximum atomic E-state index is 3.84. The maximum absolute atomic E-state index is 3.84. The van der Waals surface area contributed by atoms with Gasteiger partial charge in [0, 0.05) is 18.1 Å². The molecule has 2 aliphatic rings. The Bertz CT molecular complexity index is 250. The minimum absolute atomic E-state index is 0.428. The van der Waals surface area contributed by atoms with Crippen LogP contribution >= 0.6 is 0 Å². The van der Waals surface area contributed by atoms with Crippen molar-refractivity contribution in [3.05, 3.63) is 0 Å². The monoisotopic (exact) mass is 238 g/mol. The van der Waals surface area contributed by atoms with E-state index < -0.39 is 0 Å². The first-order valence-electron chi connectivity index (χ1n) is 7.39. The summed E-state index contributed by atoms with van der Waals surface area (Å²) >= 11 is 0. The molecule has 100 valence electrons. The normalized spacial score (nSPS) is 28.1. The highest BCUT2D eigenvalue weighted by molar-refractivity contribution is 4.99. The molecule has 1 N–H and O–H groups in total. The third-order valence-electron chi connectivity index (χ3n) is 5.55. The summed E-state index contributed by atoms with van der Waals surface area (Å²) in [5.41, 5.74) is 1.03. The van der Waals surface area contributed by atoms with Crippen LogP contribution in [0.5, 0.6) is 0 Å². The first-order valence-corrected chi connectivity index (χ1v) is 7.39. The van der Waals surface area contributed by atoms with E-state index >= 15 is 0 Å². The van der Waals surface area contributed by atoms with Crippen molar-refractivity contribution in [3.8, 4) is 0 Å². The lowest BCUT2D eigenvalue weighted by molar-refractivity contribution is 0.0925. The molecular formula is C15H30N2.